The van der Waals surface area contributed by atoms with E-state index in [0.29, 0.717) is 17.0 Å². The molecule has 0 aliphatic heterocycles. The zero-order valence-electron chi connectivity index (χ0n) is 11.5. The van der Waals surface area contributed by atoms with Gasteiger partial charge in [-0.05, 0) is 26.8 Å². The van der Waals surface area contributed by atoms with Crippen molar-refractivity contribution in [3.63, 3.8) is 0 Å². The monoisotopic (exact) mass is 285 g/mol. The van der Waals surface area contributed by atoms with Gasteiger partial charge in [0.15, 0.2) is 0 Å². The van der Waals surface area contributed by atoms with Crippen molar-refractivity contribution in [1.82, 2.24) is 4.31 Å². The summed E-state index contributed by atoms with van der Waals surface area (Å²) < 4.78 is 28.0. The number of oxime groups is 1. The zero-order chi connectivity index (χ0) is 14.6. The second kappa shape index (κ2) is 6.03. The van der Waals surface area contributed by atoms with Crippen LogP contribution in [0.1, 0.15) is 26.3 Å². The molecule has 1 aromatic carbocycles. The van der Waals surface area contributed by atoms with E-state index in [2.05, 4.69) is 9.88 Å². The summed E-state index contributed by atoms with van der Waals surface area (Å²) in [6.07, 6.45) is 0. The molecule has 0 aromatic heterocycles. The van der Waals surface area contributed by atoms with E-state index in [-0.39, 0.29) is 6.04 Å². The highest BCUT2D eigenvalue weighted by atomic mass is 32.2. The Labute approximate surface area is 113 Å². The van der Waals surface area contributed by atoms with Gasteiger partial charge in [-0.25, -0.2) is 0 Å². The second-order valence-electron chi connectivity index (χ2n) is 4.45. The number of para-hydroxylation sites is 1. The molecule has 7 heteroatoms. The van der Waals surface area contributed by atoms with Gasteiger partial charge in [0.1, 0.15) is 0 Å². The SMILES string of the molecule is CC(=NO)c1ccccc1NS(=O)(=O)N(C)C(C)C. The molecule has 0 amide bonds. The number of anilines is 1. The molecule has 0 unspecified atom stereocenters. The first-order chi connectivity index (χ1) is 8.79. The van der Waals surface area contributed by atoms with Gasteiger partial charge in [-0.3, -0.25) is 4.72 Å². The Balaban J connectivity index is 3.14. The first-order valence-corrected chi connectivity index (χ1v) is 7.27. The Bertz CT molecular complexity index is 567. The maximum atomic E-state index is 12.1. The molecule has 6 nitrogen and oxygen atoms in total. The normalized spacial score (nSPS) is 13.1. The van der Waals surface area contributed by atoms with Crippen molar-refractivity contribution in [3.8, 4) is 0 Å². The van der Waals surface area contributed by atoms with Crippen molar-refractivity contribution in [1.29, 1.82) is 0 Å². The second-order valence-corrected chi connectivity index (χ2v) is 6.18. The summed E-state index contributed by atoms with van der Waals surface area (Å²) in [6, 6.07) is 6.60. The van der Waals surface area contributed by atoms with Crippen molar-refractivity contribution >= 4 is 21.6 Å². The Morgan fingerprint density at radius 2 is 1.95 bits per heavy atom. The number of benzene rings is 1. The quantitative estimate of drug-likeness (QED) is 0.492. The Hall–Kier alpha value is -1.60. The molecule has 0 aliphatic carbocycles. The van der Waals surface area contributed by atoms with E-state index in [4.69, 9.17) is 5.21 Å². The molecule has 0 spiro atoms. The molecule has 0 bridgehead atoms. The molecule has 0 radical (unpaired) electrons. The molecule has 106 valence electrons. The van der Waals surface area contributed by atoms with Crippen molar-refractivity contribution in [3.05, 3.63) is 29.8 Å². The maximum absolute atomic E-state index is 12.1. The Morgan fingerprint density at radius 3 is 2.47 bits per heavy atom. The van der Waals surface area contributed by atoms with Gasteiger partial charge < -0.3 is 5.21 Å². The van der Waals surface area contributed by atoms with Gasteiger partial charge in [0, 0.05) is 18.7 Å². The van der Waals surface area contributed by atoms with Gasteiger partial charge in [0.2, 0.25) is 0 Å². The van der Waals surface area contributed by atoms with Crippen LogP contribution < -0.4 is 4.72 Å². The van der Waals surface area contributed by atoms with Crippen LogP contribution in [0.3, 0.4) is 0 Å². The van der Waals surface area contributed by atoms with Gasteiger partial charge >= 0.3 is 10.2 Å². The minimum absolute atomic E-state index is 0.155. The molecule has 0 atom stereocenters. The van der Waals surface area contributed by atoms with E-state index in [1.54, 1.807) is 45.0 Å². The van der Waals surface area contributed by atoms with E-state index < -0.39 is 10.2 Å². The van der Waals surface area contributed by atoms with Crippen molar-refractivity contribution in [2.45, 2.75) is 26.8 Å². The summed E-state index contributed by atoms with van der Waals surface area (Å²) in [5.41, 5.74) is 1.25. The van der Waals surface area contributed by atoms with Crippen LogP contribution in [0.5, 0.6) is 0 Å². The van der Waals surface area contributed by atoms with Crippen molar-refractivity contribution < 1.29 is 13.6 Å². The largest absolute Gasteiger partial charge is 0.411 e. The first-order valence-electron chi connectivity index (χ1n) is 5.83. The van der Waals surface area contributed by atoms with E-state index in [9.17, 15) is 8.42 Å². The lowest BCUT2D eigenvalue weighted by molar-refractivity contribution is 0.319. The predicted molar refractivity (Wildman–Crippen MR) is 75.9 cm³/mol. The number of nitrogens with zero attached hydrogens (tertiary/aromatic N) is 2. The topological polar surface area (TPSA) is 82.0 Å². The maximum Gasteiger partial charge on any atom is 0.301 e. The van der Waals surface area contributed by atoms with E-state index in [1.165, 1.54) is 11.4 Å². The van der Waals surface area contributed by atoms with Crippen LogP contribution in [0.15, 0.2) is 29.4 Å². The zero-order valence-corrected chi connectivity index (χ0v) is 12.3. The van der Waals surface area contributed by atoms with Crippen LogP contribution >= 0.6 is 0 Å². The molecule has 0 aliphatic rings. The number of nitrogens with one attached hydrogen (secondary N) is 1. The van der Waals surface area contributed by atoms with Crippen LogP contribution in [-0.2, 0) is 10.2 Å². The van der Waals surface area contributed by atoms with Gasteiger partial charge in [0.25, 0.3) is 0 Å². The van der Waals surface area contributed by atoms with Gasteiger partial charge in [-0.15, -0.1) is 0 Å². The van der Waals surface area contributed by atoms with E-state index >= 15 is 0 Å². The third-order valence-electron chi connectivity index (χ3n) is 2.81. The smallest absolute Gasteiger partial charge is 0.301 e. The lowest BCUT2D eigenvalue weighted by Gasteiger charge is -2.22. The third-order valence-corrected chi connectivity index (χ3v) is 4.47. The number of hydrogen-bond donors (Lipinski definition) is 2. The average molecular weight is 285 g/mol. The molecule has 1 rings (SSSR count). The summed E-state index contributed by atoms with van der Waals surface area (Å²) in [5, 5.41) is 11.9. The fraction of sp³-hybridized carbons (Fsp3) is 0.417. The van der Waals surface area contributed by atoms with Crippen LogP contribution in [0.2, 0.25) is 0 Å². The highest BCUT2D eigenvalue weighted by Crippen LogP contribution is 2.19. The lowest BCUT2D eigenvalue weighted by Crippen LogP contribution is -2.37. The molecule has 0 saturated heterocycles. The minimum atomic E-state index is -3.63. The van der Waals surface area contributed by atoms with Gasteiger partial charge in [-0.2, -0.15) is 12.7 Å². The van der Waals surface area contributed by atoms with Gasteiger partial charge in [0.05, 0.1) is 11.4 Å². The minimum Gasteiger partial charge on any atom is -0.411 e. The number of rotatable bonds is 5. The lowest BCUT2D eigenvalue weighted by atomic mass is 10.1. The predicted octanol–water partition coefficient (Wildman–Crippen LogP) is 1.88. The molecular weight excluding hydrogens is 266 g/mol. The molecule has 19 heavy (non-hydrogen) atoms. The standard InChI is InChI=1S/C12H19N3O3S/c1-9(2)15(4)19(17,18)14-12-8-6-5-7-11(12)10(3)13-16/h5-9,14,16H,1-4H3. The Kier molecular flexibility index (Phi) is 4.90. The third kappa shape index (κ3) is 3.68. The fourth-order valence-corrected chi connectivity index (χ4v) is 2.58. The molecule has 0 heterocycles. The van der Waals surface area contributed by atoms with Gasteiger partial charge in [-0.1, -0.05) is 23.4 Å². The highest BCUT2D eigenvalue weighted by Gasteiger charge is 2.21. The summed E-state index contributed by atoms with van der Waals surface area (Å²) in [7, 11) is -2.13. The first kappa shape index (κ1) is 15.5. The fourth-order valence-electron chi connectivity index (χ4n) is 1.43. The van der Waals surface area contributed by atoms with Crippen molar-refractivity contribution in [2.24, 2.45) is 5.16 Å². The van der Waals surface area contributed by atoms with E-state index in [1.807, 2.05) is 0 Å². The number of hydrogen-bond acceptors (Lipinski definition) is 4. The molecular formula is C12H19N3O3S. The van der Waals surface area contributed by atoms with Crippen LogP contribution in [0.25, 0.3) is 0 Å². The molecule has 0 saturated carbocycles. The Morgan fingerprint density at radius 1 is 1.37 bits per heavy atom. The summed E-state index contributed by atoms with van der Waals surface area (Å²) in [4.78, 5) is 0. The van der Waals surface area contributed by atoms with Crippen molar-refractivity contribution in [2.75, 3.05) is 11.8 Å². The molecule has 1 aromatic rings. The molecule has 2 N–H and O–H groups in total. The van der Waals surface area contributed by atoms with Crippen LogP contribution in [-0.4, -0.2) is 36.7 Å². The van der Waals surface area contributed by atoms with Crippen LogP contribution in [0, 0.1) is 0 Å². The summed E-state index contributed by atoms with van der Waals surface area (Å²) in [6.45, 7) is 5.16. The van der Waals surface area contributed by atoms with Crippen LogP contribution in [0.4, 0.5) is 5.69 Å². The van der Waals surface area contributed by atoms with E-state index in [0.717, 1.165) is 0 Å². The highest BCUT2D eigenvalue weighted by molar-refractivity contribution is 7.90. The summed E-state index contributed by atoms with van der Waals surface area (Å²) >= 11 is 0. The molecule has 0 fully saturated rings. The summed E-state index contributed by atoms with van der Waals surface area (Å²) in [5.74, 6) is 0. The average Bonchev–Trinajstić information content (AvgIpc) is 2.37.